The van der Waals surface area contributed by atoms with Crippen LogP contribution in [0.5, 0.6) is 5.75 Å². The minimum absolute atomic E-state index is 0.0236. The van der Waals surface area contributed by atoms with Crippen molar-refractivity contribution >= 4 is 39.7 Å². The molecule has 0 spiro atoms. The van der Waals surface area contributed by atoms with Gasteiger partial charge in [0.2, 0.25) is 0 Å². The number of hydrogen-bond donors (Lipinski definition) is 3. The van der Waals surface area contributed by atoms with Gasteiger partial charge in [-0.15, -0.1) is 0 Å². The average molecular weight is 641 g/mol. The Bertz CT molecular complexity index is 2140. The quantitative estimate of drug-likeness (QED) is 0.264. The first-order valence-corrected chi connectivity index (χ1v) is 16.8. The SMILES string of the molecule is CC1CC(C)(C)N=C2C=CC3C(=C21)C=CC1=C(c2ccc(C(=O)O)cc2C(=O)O)c2ccc4c5c(ccc4c2OC13)NC(C)(C)CC5C. The van der Waals surface area contributed by atoms with Crippen LogP contribution in [0.3, 0.4) is 0 Å². The normalized spacial score (nSPS) is 25.9. The molecule has 244 valence electrons. The number of carboxylic acid groups (broad SMARTS) is 2. The van der Waals surface area contributed by atoms with Crippen LogP contribution in [0.15, 0.2) is 88.5 Å². The van der Waals surface area contributed by atoms with Gasteiger partial charge in [0, 0.05) is 39.2 Å². The van der Waals surface area contributed by atoms with E-state index < -0.39 is 18.0 Å². The molecule has 0 aromatic heterocycles. The highest BCUT2D eigenvalue weighted by atomic mass is 16.5. The molecule has 2 aliphatic carbocycles. The van der Waals surface area contributed by atoms with Crippen molar-refractivity contribution in [3.05, 3.63) is 111 Å². The lowest BCUT2D eigenvalue weighted by molar-refractivity contribution is 0.0695. The van der Waals surface area contributed by atoms with Crippen LogP contribution < -0.4 is 10.1 Å². The van der Waals surface area contributed by atoms with Crippen molar-refractivity contribution in [2.45, 2.75) is 77.5 Å². The number of aromatic carboxylic acids is 2. The molecule has 4 unspecified atom stereocenters. The van der Waals surface area contributed by atoms with E-state index in [1.54, 1.807) is 6.07 Å². The van der Waals surface area contributed by atoms with Crippen molar-refractivity contribution in [1.82, 2.24) is 0 Å². The zero-order chi connectivity index (χ0) is 33.9. The van der Waals surface area contributed by atoms with Gasteiger partial charge in [-0.25, -0.2) is 9.59 Å². The molecule has 0 amide bonds. The molecule has 3 heterocycles. The molecule has 0 saturated heterocycles. The molecule has 48 heavy (non-hydrogen) atoms. The highest BCUT2D eigenvalue weighted by Crippen LogP contribution is 2.53. The summed E-state index contributed by atoms with van der Waals surface area (Å²) in [5, 5.41) is 26.0. The molecule has 3 N–H and O–H groups in total. The number of hydrogen-bond acceptors (Lipinski definition) is 5. The van der Waals surface area contributed by atoms with Gasteiger partial charge in [0.1, 0.15) is 11.9 Å². The molecule has 3 aliphatic heterocycles. The van der Waals surface area contributed by atoms with Crippen molar-refractivity contribution in [1.29, 1.82) is 0 Å². The lowest BCUT2D eigenvalue weighted by atomic mass is 9.69. The fraction of sp³-hybridized carbons (Fsp3) is 0.341. The second-order valence-electron chi connectivity index (χ2n) is 15.4. The summed E-state index contributed by atoms with van der Waals surface area (Å²) in [6, 6.07) is 12.8. The second-order valence-corrected chi connectivity index (χ2v) is 15.4. The number of allylic oxidation sites excluding steroid dienone is 3. The molecule has 3 aromatic rings. The van der Waals surface area contributed by atoms with Gasteiger partial charge in [0.25, 0.3) is 0 Å². The van der Waals surface area contributed by atoms with E-state index in [4.69, 9.17) is 9.73 Å². The molecule has 3 aromatic carbocycles. The van der Waals surface area contributed by atoms with E-state index in [1.807, 2.05) is 6.07 Å². The summed E-state index contributed by atoms with van der Waals surface area (Å²) in [6.45, 7) is 13.4. The highest BCUT2D eigenvalue weighted by Gasteiger charge is 2.43. The molecule has 0 fully saturated rings. The van der Waals surface area contributed by atoms with Crippen LogP contribution >= 0.6 is 0 Å². The van der Waals surface area contributed by atoms with Gasteiger partial charge in [-0.1, -0.05) is 44.2 Å². The number of nitrogens with one attached hydrogen (secondary N) is 1. The Balaban J connectivity index is 1.40. The minimum atomic E-state index is -1.18. The molecule has 0 radical (unpaired) electrons. The fourth-order valence-electron chi connectivity index (χ4n) is 9.17. The molecule has 0 saturated carbocycles. The second kappa shape index (κ2) is 10.3. The first-order chi connectivity index (χ1) is 22.7. The Morgan fingerprint density at radius 2 is 1.58 bits per heavy atom. The van der Waals surface area contributed by atoms with E-state index in [-0.39, 0.29) is 28.1 Å². The number of anilines is 1. The third kappa shape index (κ3) is 4.58. The van der Waals surface area contributed by atoms with Gasteiger partial charge < -0.3 is 20.3 Å². The number of carbonyl (C=O) groups is 2. The predicted molar refractivity (Wildman–Crippen MR) is 190 cm³/mol. The molecule has 5 aliphatic rings. The summed E-state index contributed by atoms with van der Waals surface area (Å²) >= 11 is 0. The molecule has 7 heteroatoms. The number of nitrogens with zero attached hydrogens (tertiary/aromatic N) is 1. The molecular formula is C41H40N2O5. The van der Waals surface area contributed by atoms with Gasteiger partial charge in [-0.05, 0) is 116 Å². The standard InChI is InChI=1S/C41H40N2O5/c1-20-18-40(3,4)42-31-15-13-26-23(33(20)31)9-11-28-35(25-8-7-22(38(44)45)17-30(25)39(46)47)29-12-10-24-27(37(29)48-36(26)28)14-16-32-34(24)21(2)19-41(5,6)43-32/h7-17,20-21,26,36,43H,18-19H2,1-6H3,(H,44,45)(H,46,47). The van der Waals surface area contributed by atoms with E-state index in [0.717, 1.165) is 57.5 Å². The number of fused-ring (bicyclic) bond motifs is 9. The van der Waals surface area contributed by atoms with E-state index >= 15 is 0 Å². The highest BCUT2D eigenvalue weighted by molar-refractivity contribution is 6.12. The Morgan fingerprint density at radius 3 is 2.33 bits per heavy atom. The Labute approximate surface area is 280 Å². The summed E-state index contributed by atoms with van der Waals surface area (Å²) in [6.07, 6.45) is 10.1. The predicted octanol–water partition coefficient (Wildman–Crippen LogP) is 8.81. The first-order valence-electron chi connectivity index (χ1n) is 16.8. The van der Waals surface area contributed by atoms with Crippen LogP contribution in [0.1, 0.15) is 97.7 Å². The zero-order valence-corrected chi connectivity index (χ0v) is 28.1. The maximum absolute atomic E-state index is 12.7. The van der Waals surface area contributed by atoms with Gasteiger partial charge in [0.15, 0.2) is 0 Å². The number of rotatable bonds is 3. The number of aliphatic imine (C=N–C) groups is 1. The molecule has 7 nitrogen and oxygen atoms in total. The van der Waals surface area contributed by atoms with E-state index in [0.29, 0.717) is 17.4 Å². The Hall–Kier alpha value is -4.91. The van der Waals surface area contributed by atoms with Crippen LogP contribution in [0.4, 0.5) is 5.69 Å². The van der Waals surface area contributed by atoms with Gasteiger partial charge in [0.05, 0.1) is 22.4 Å². The third-order valence-electron chi connectivity index (χ3n) is 10.7. The van der Waals surface area contributed by atoms with Crippen molar-refractivity contribution < 1.29 is 24.5 Å². The Morgan fingerprint density at radius 1 is 0.854 bits per heavy atom. The average Bonchev–Trinajstić information content (AvgIpc) is 3.01. The number of carboxylic acids is 2. The lowest BCUT2D eigenvalue weighted by Gasteiger charge is -2.42. The summed E-state index contributed by atoms with van der Waals surface area (Å²) in [4.78, 5) is 29.7. The summed E-state index contributed by atoms with van der Waals surface area (Å²) < 4.78 is 7.16. The van der Waals surface area contributed by atoms with Crippen LogP contribution in [0, 0.1) is 11.8 Å². The molecule has 8 rings (SSSR count). The van der Waals surface area contributed by atoms with E-state index in [2.05, 4.69) is 89.4 Å². The first kappa shape index (κ1) is 30.4. The fourth-order valence-corrected chi connectivity index (χ4v) is 9.17. The van der Waals surface area contributed by atoms with Crippen LogP contribution in [0.2, 0.25) is 0 Å². The molecule has 4 atom stereocenters. The molecule has 0 bridgehead atoms. The lowest BCUT2D eigenvalue weighted by Crippen LogP contribution is -2.39. The topological polar surface area (TPSA) is 108 Å². The van der Waals surface area contributed by atoms with Crippen molar-refractivity contribution in [3.63, 3.8) is 0 Å². The largest absolute Gasteiger partial charge is 0.483 e. The van der Waals surface area contributed by atoms with Crippen LogP contribution in [-0.2, 0) is 0 Å². The summed E-state index contributed by atoms with van der Waals surface area (Å²) in [7, 11) is 0. The van der Waals surface area contributed by atoms with Crippen molar-refractivity contribution in [3.8, 4) is 5.75 Å². The summed E-state index contributed by atoms with van der Waals surface area (Å²) in [5.74, 6) is -1.10. The zero-order valence-electron chi connectivity index (χ0n) is 28.1. The Kier molecular flexibility index (Phi) is 6.52. The maximum Gasteiger partial charge on any atom is 0.336 e. The van der Waals surface area contributed by atoms with Crippen LogP contribution in [0.25, 0.3) is 16.3 Å². The van der Waals surface area contributed by atoms with Gasteiger partial charge in [-0.3, -0.25) is 4.99 Å². The number of ether oxygens (including phenoxy) is 1. The summed E-state index contributed by atoms with van der Waals surface area (Å²) in [5.41, 5.74) is 8.48. The smallest absolute Gasteiger partial charge is 0.336 e. The monoisotopic (exact) mass is 640 g/mol. The van der Waals surface area contributed by atoms with Crippen molar-refractivity contribution in [2.24, 2.45) is 16.8 Å². The number of benzene rings is 3. The van der Waals surface area contributed by atoms with Crippen molar-refractivity contribution in [2.75, 3.05) is 5.32 Å². The van der Waals surface area contributed by atoms with E-state index in [1.165, 1.54) is 28.8 Å². The molecular weight excluding hydrogens is 600 g/mol. The van der Waals surface area contributed by atoms with Gasteiger partial charge >= 0.3 is 11.9 Å². The van der Waals surface area contributed by atoms with Gasteiger partial charge in [-0.2, -0.15) is 0 Å². The minimum Gasteiger partial charge on any atom is -0.483 e. The third-order valence-corrected chi connectivity index (χ3v) is 10.7. The van der Waals surface area contributed by atoms with E-state index in [9.17, 15) is 19.8 Å². The maximum atomic E-state index is 12.7. The van der Waals surface area contributed by atoms with Crippen LogP contribution in [-0.4, -0.2) is 45.0 Å².